The predicted octanol–water partition coefficient (Wildman–Crippen LogP) is 3.98. The maximum atomic E-state index is 3.75. The lowest BCUT2D eigenvalue weighted by molar-refractivity contribution is 0.225. The Morgan fingerprint density at radius 3 is 2.59 bits per heavy atom. The van der Waals surface area contributed by atoms with Gasteiger partial charge in [-0.15, -0.1) is 0 Å². The van der Waals surface area contributed by atoms with Crippen LogP contribution in [-0.4, -0.2) is 37.6 Å². The van der Waals surface area contributed by atoms with Crippen LogP contribution in [0.1, 0.15) is 38.7 Å². The van der Waals surface area contributed by atoms with Crippen molar-refractivity contribution < 1.29 is 0 Å². The van der Waals surface area contributed by atoms with Gasteiger partial charge in [-0.1, -0.05) is 60.6 Å². The normalized spacial score (nSPS) is 21.5. The van der Waals surface area contributed by atoms with Crippen LogP contribution in [0.3, 0.4) is 0 Å². The van der Waals surface area contributed by atoms with Gasteiger partial charge in [-0.2, -0.15) is 0 Å². The molecule has 1 fully saturated rings. The third-order valence-corrected chi connectivity index (χ3v) is 4.41. The van der Waals surface area contributed by atoms with Gasteiger partial charge in [0, 0.05) is 31.6 Å². The lowest BCUT2D eigenvalue weighted by atomic mass is 9.82. The number of piperazine rings is 1. The zero-order valence-electron chi connectivity index (χ0n) is 14.5. The molecule has 0 amide bonds. The number of allylic oxidation sites excluding steroid dienone is 3. The van der Waals surface area contributed by atoms with E-state index in [9.17, 15) is 0 Å². The highest BCUT2D eigenvalue weighted by Gasteiger charge is 2.28. The largest absolute Gasteiger partial charge is 0.310 e. The third-order valence-electron chi connectivity index (χ3n) is 4.41. The molecule has 0 aliphatic carbocycles. The van der Waals surface area contributed by atoms with Crippen LogP contribution in [0.15, 0.2) is 53.6 Å². The van der Waals surface area contributed by atoms with E-state index in [-0.39, 0.29) is 0 Å². The van der Waals surface area contributed by atoms with Gasteiger partial charge in [0.15, 0.2) is 0 Å². The van der Waals surface area contributed by atoms with Crippen molar-refractivity contribution in [1.29, 1.82) is 0 Å². The molecule has 0 spiro atoms. The Bertz CT molecular complexity index is 512. The first-order valence-electron chi connectivity index (χ1n) is 8.42. The van der Waals surface area contributed by atoms with Crippen molar-refractivity contribution in [2.24, 2.45) is 0 Å². The van der Waals surface area contributed by atoms with Crippen LogP contribution in [0.25, 0.3) is 0 Å². The van der Waals surface area contributed by atoms with Gasteiger partial charge in [-0.3, -0.25) is 0 Å². The highest BCUT2D eigenvalue weighted by molar-refractivity contribution is 5.34. The topological polar surface area (TPSA) is 15.3 Å². The SMILES string of the molecule is CC/C(=C\C=C(C)C)C(c1ccccc1)C1CN(C)CCN1. The second-order valence-corrected chi connectivity index (χ2v) is 6.55. The van der Waals surface area contributed by atoms with E-state index in [2.05, 4.69) is 80.5 Å². The van der Waals surface area contributed by atoms with Crippen LogP contribution in [0.5, 0.6) is 0 Å². The Balaban J connectivity index is 2.36. The molecular formula is C20H30N2. The van der Waals surface area contributed by atoms with E-state index in [1.54, 1.807) is 0 Å². The quantitative estimate of drug-likeness (QED) is 0.827. The smallest absolute Gasteiger partial charge is 0.0301 e. The van der Waals surface area contributed by atoms with Crippen LogP contribution in [-0.2, 0) is 0 Å². The van der Waals surface area contributed by atoms with Gasteiger partial charge in [0.1, 0.15) is 0 Å². The van der Waals surface area contributed by atoms with E-state index in [1.165, 1.54) is 16.7 Å². The van der Waals surface area contributed by atoms with Crippen molar-refractivity contribution in [2.45, 2.75) is 39.2 Å². The van der Waals surface area contributed by atoms with Crippen molar-refractivity contribution in [1.82, 2.24) is 10.2 Å². The molecule has 22 heavy (non-hydrogen) atoms. The Morgan fingerprint density at radius 2 is 2.00 bits per heavy atom. The lowest BCUT2D eigenvalue weighted by Gasteiger charge is -2.37. The molecule has 120 valence electrons. The van der Waals surface area contributed by atoms with Crippen molar-refractivity contribution in [3.05, 3.63) is 59.2 Å². The fourth-order valence-corrected chi connectivity index (χ4v) is 3.24. The highest BCUT2D eigenvalue weighted by atomic mass is 15.2. The average Bonchev–Trinajstić information content (AvgIpc) is 2.52. The van der Waals surface area contributed by atoms with Crippen LogP contribution in [0.2, 0.25) is 0 Å². The first-order chi connectivity index (χ1) is 10.6. The Morgan fingerprint density at radius 1 is 1.27 bits per heavy atom. The summed E-state index contributed by atoms with van der Waals surface area (Å²) in [6, 6.07) is 11.4. The molecule has 0 radical (unpaired) electrons. The Hall–Kier alpha value is -1.38. The van der Waals surface area contributed by atoms with Crippen LogP contribution in [0.4, 0.5) is 0 Å². The Labute approximate surface area is 135 Å². The summed E-state index contributed by atoms with van der Waals surface area (Å²) < 4.78 is 0. The summed E-state index contributed by atoms with van der Waals surface area (Å²) in [5, 5.41) is 3.75. The summed E-state index contributed by atoms with van der Waals surface area (Å²) >= 11 is 0. The van der Waals surface area contributed by atoms with Crippen LogP contribution >= 0.6 is 0 Å². The second kappa shape index (κ2) is 8.30. The van der Waals surface area contributed by atoms with E-state index < -0.39 is 0 Å². The summed E-state index contributed by atoms with van der Waals surface area (Å²) in [5.74, 6) is 0.449. The molecule has 1 aromatic carbocycles. The molecule has 2 atom stereocenters. The summed E-state index contributed by atoms with van der Waals surface area (Å²) in [4.78, 5) is 2.44. The summed E-state index contributed by atoms with van der Waals surface area (Å²) in [7, 11) is 2.22. The molecule has 1 heterocycles. The van der Waals surface area contributed by atoms with E-state index >= 15 is 0 Å². The van der Waals surface area contributed by atoms with E-state index in [4.69, 9.17) is 0 Å². The molecule has 2 heteroatoms. The van der Waals surface area contributed by atoms with Gasteiger partial charge in [0.25, 0.3) is 0 Å². The minimum Gasteiger partial charge on any atom is -0.310 e. The number of benzene rings is 1. The van der Waals surface area contributed by atoms with Gasteiger partial charge in [-0.25, -0.2) is 0 Å². The molecule has 1 N–H and O–H groups in total. The molecule has 1 aliphatic rings. The monoisotopic (exact) mass is 298 g/mol. The van der Waals surface area contributed by atoms with Gasteiger partial charge in [0.2, 0.25) is 0 Å². The third kappa shape index (κ3) is 4.56. The molecule has 2 nitrogen and oxygen atoms in total. The zero-order chi connectivity index (χ0) is 15.9. The minimum absolute atomic E-state index is 0.449. The van der Waals surface area contributed by atoms with Gasteiger partial charge in [0.05, 0.1) is 0 Å². The fraction of sp³-hybridized carbons (Fsp3) is 0.500. The van der Waals surface area contributed by atoms with Gasteiger partial charge in [-0.05, 0) is 32.9 Å². The molecule has 2 rings (SSSR count). The molecular weight excluding hydrogens is 268 g/mol. The molecule has 1 aliphatic heterocycles. The summed E-state index contributed by atoms with van der Waals surface area (Å²) in [5.41, 5.74) is 4.29. The van der Waals surface area contributed by atoms with Gasteiger partial charge >= 0.3 is 0 Å². The maximum Gasteiger partial charge on any atom is 0.0301 e. The molecule has 0 saturated carbocycles. The minimum atomic E-state index is 0.449. The number of nitrogens with zero attached hydrogens (tertiary/aromatic N) is 1. The molecule has 1 saturated heterocycles. The van der Waals surface area contributed by atoms with E-state index in [1.807, 2.05) is 0 Å². The number of nitrogens with one attached hydrogen (secondary N) is 1. The summed E-state index contributed by atoms with van der Waals surface area (Å²) in [6.45, 7) is 9.90. The van der Waals surface area contributed by atoms with Crippen molar-refractivity contribution >= 4 is 0 Å². The lowest BCUT2D eigenvalue weighted by Crippen LogP contribution is -2.52. The highest BCUT2D eigenvalue weighted by Crippen LogP contribution is 2.31. The van der Waals surface area contributed by atoms with Crippen LogP contribution in [0, 0.1) is 0 Å². The number of hydrogen-bond donors (Lipinski definition) is 1. The number of likely N-dealkylation sites (N-methyl/N-ethyl adjacent to an activating group) is 1. The predicted molar refractivity (Wildman–Crippen MR) is 96.3 cm³/mol. The van der Waals surface area contributed by atoms with Crippen molar-refractivity contribution in [2.75, 3.05) is 26.7 Å². The van der Waals surface area contributed by atoms with E-state index in [0.29, 0.717) is 12.0 Å². The van der Waals surface area contributed by atoms with Crippen LogP contribution < -0.4 is 5.32 Å². The fourth-order valence-electron chi connectivity index (χ4n) is 3.24. The Kier molecular flexibility index (Phi) is 6.41. The van der Waals surface area contributed by atoms with Gasteiger partial charge < -0.3 is 10.2 Å². The second-order valence-electron chi connectivity index (χ2n) is 6.55. The molecule has 2 unspecified atom stereocenters. The maximum absolute atomic E-state index is 3.75. The first kappa shape index (κ1) is 17.0. The molecule has 0 bridgehead atoms. The average molecular weight is 298 g/mol. The van der Waals surface area contributed by atoms with Crippen molar-refractivity contribution in [3.63, 3.8) is 0 Å². The number of rotatable bonds is 5. The summed E-state index contributed by atoms with van der Waals surface area (Å²) in [6.07, 6.45) is 5.68. The zero-order valence-corrected chi connectivity index (χ0v) is 14.5. The number of hydrogen-bond acceptors (Lipinski definition) is 2. The molecule has 0 aromatic heterocycles. The first-order valence-corrected chi connectivity index (χ1v) is 8.42. The standard InChI is InChI=1S/C20H30N2/c1-5-17(12-11-16(2)3)20(18-9-7-6-8-10-18)19-15-22(4)14-13-21-19/h6-12,19-21H,5,13-15H2,1-4H3/b17-12+. The van der Waals surface area contributed by atoms with Crippen molar-refractivity contribution in [3.8, 4) is 0 Å². The van der Waals surface area contributed by atoms with E-state index in [0.717, 1.165) is 26.1 Å². The molecule has 1 aromatic rings.